The molecule has 0 aliphatic carbocycles. The topological polar surface area (TPSA) is 65.7 Å². The molecule has 0 N–H and O–H groups in total. The molecule has 0 radical (unpaired) electrons. The summed E-state index contributed by atoms with van der Waals surface area (Å²) in [5.41, 5.74) is -5.62. The Hall–Kier alpha value is -2.90. The summed E-state index contributed by atoms with van der Waals surface area (Å²) in [5, 5.41) is 11.9. The van der Waals surface area contributed by atoms with Crippen molar-refractivity contribution in [2.24, 2.45) is 5.16 Å². The van der Waals surface area contributed by atoms with Gasteiger partial charge in [0.1, 0.15) is 0 Å². The van der Waals surface area contributed by atoms with Gasteiger partial charge in [-0.15, -0.1) is 0 Å². The second kappa shape index (κ2) is 8.10. The zero-order valence-electron chi connectivity index (χ0n) is 17.3. The van der Waals surface area contributed by atoms with Crippen molar-refractivity contribution in [3.63, 3.8) is 0 Å². The number of hydrogen-bond donors (Lipinski definition) is 0. The molecule has 1 saturated heterocycles. The van der Waals surface area contributed by atoms with E-state index in [2.05, 4.69) is 5.16 Å². The van der Waals surface area contributed by atoms with Crippen molar-refractivity contribution in [1.29, 1.82) is 5.26 Å². The van der Waals surface area contributed by atoms with Crippen LogP contribution in [0.5, 0.6) is 0 Å². The van der Waals surface area contributed by atoms with Crippen LogP contribution in [0, 0.1) is 17.1 Å². The number of alkyl halides is 4. The van der Waals surface area contributed by atoms with Gasteiger partial charge in [0.2, 0.25) is 5.91 Å². The number of nitriles is 1. The Morgan fingerprint density at radius 1 is 1.21 bits per heavy atom. The van der Waals surface area contributed by atoms with Crippen LogP contribution < -0.4 is 0 Å². The molecule has 1 amide bonds. The fraction of sp³-hybridized carbons (Fsp3) is 0.318. The molecule has 1 unspecified atom stereocenters. The van der Waals surface area contributed by atoms with Crippen molar-refractivity contribution >= 4 is 34.8 Å². The number of oxime groups is 1. The first-order valence-electron chi connectivity index (χ1n) is 9.77. The second-order valence-electron chi connectivity index (χ2n) is 8.10. The van der Waals surface area contributed by atoms with Gasteiger partial charge in [0, 0.05) is 30.0 Å². The van der Waals surface area contributed by atoms with Crippen molar-refractivity contribution < 1.29 is 31.6 Å². The highest BCUT2D eigenvalue weighted by atomic mass is 35.5. The molecule has 4 rings (SSSR count). The van der Waals surface area contributed by atoms with E-state index >= 15 is 4.39 Å². The van der Waals surface area contributed by atoms with E-state index < -0.39 is 45.3 Å². The van der Waals surface area contributed by atoms with E-state index in [9.17, 15) is 27.6 Å². The normalized spacial score (nSPS) is 21.4. The molecular weight excluding hydrogens is 504 g/mol. The van der Waals surface area contributed by atoms with E-state index in [0.29, 0.717) is 0 Å². The van der Waals surface area contributed by atoms with Crippen molar-refractivity contribution in [3.05, 3.63) is 68.4 Å². The van der Waals surface area contributed by atoms with Gasteiger partial charge < -0.3 is 9.74 Å². The van der Waals surface area contributed by atoms with Crippen LogP contribution in [-0.2, 0) is 20.9 Å². The van der Waals surface area contributed by atoms with E-state index in [-0.39, 0.29) is 41.4 Å². The van der Waals surface area contributed by atoms with E-state index in [1.807, 2.05) is 6.07 Å². The van der Waals surface area contributed by atoms with E-state index in [0.717, 1.165) is 12.1 Å². The highest BCUT2D eigenvalue weighted by molar-refractivity contribution is 6.35. The summed E-state index contributed by atoms with van der Waals surface area (Å²) in [6.07, 6.45) is -5.82. The maximum atomic E-state index is 15.2. The molecule has 0 aromatic heterocycles. The summed E-state index contributed by atoms with van der Waals surface area (Å²) in [6.45, 7) is 0.827. The van der Waals surface area contributed by atoms with Crippen molar-refractivity contribution in [1.82, 2.24) is 4.90 Å². The number of rotatable bonds is 3. The van der Waals surface area contributed by atoms with E-state index in [1.165, 1.54) is 30.0 Å². The number of halogens is 7. The Morgan fingerprint density at radius 2 is 1.82 bits per heavy atom. The molecule has 2 aliphatic rings. The molecule has 1 fully saturated rings. The average molecular weight is 518 g/mol. The molecule has 5 nitrogen and oxygen atoms in total. The summed E-state index contributed by atoms with van der Waals surface area (Å²) in [5.74, 6) is -1.39. The SMILES string of the molecule is CC(=O)N1CC(F)(c2ccc(C3=NOC(c4cc(Cl)c(F)c(Cl)c4)(C(F)(F)F)C3)cc2C#N)C1. The molecule has 0 bridgehead atoms. The van der Waals surface area contributed by atoms with Gasteiger partial charge in [0.25, 0.3) is 5.60 Å². The number of hydrogen-bond acceptors (Lipinski definition) is 4. The minimum absolute atomic E-state index is 0.0231. The van der Waals surface area contributed by atoms with Gasteiger partial charge in [-0.2, -0.15) is 18.4 Å². The van der Waals surface area contributed by atoms with Gasteiger partial charge in [-0.3, -0.25) is 4.79 Å². The van der Waals surface area contributed by atoms with Crippen LogP contribution in [0.15, 0.2) is 35.5 Å². The van der Waals surface area contributed by atoms with Crippen molar-refractivity contribution in [3.8, 4) is 6.07 Å². The minimum Gasteiger partial charge on any atom is -0.374 e. The standard InChI is InChI=1S/C22H14Cl2F5N3O2/c1-11(33)32-9-20(26,10-32)15-3-2-12(4-13(15)8-30)18-7-21(34-31-18,22(27,28)29)14-5-16(23)19(25)17(24)6-14/h2-6H,7,9-10H2,1H3. The van der Waals surface area contributed by atoms with E-state index in [4.69, 9.17) is 28.0 Å². The first kappa shape index (κ1) is 24.2. The van der Waals surface area contributed by atoms with Gasteiger partial charge in [-0.25, -0.2) is 8.78 Å². The van der Waals surface area contributed by atoms with Gasteiger partial charge in [-0.05, 0) is 18.2 Å². The summed E-state index contributed by atoms with van der Waals surface area (Å²) in [6, 6.07) is 7.20. The first-order valence-corrected chi connectivity index (χ1v) is 10.5. The number of amides is 1. The number of nitrogens with zero attached hydrogens (tertiary/aromatic N) is 3. The molecule has 12 heteroatoms. The largest absolute Gasteiger partial charge is 0.435 e. The molecular formula is C22H14Cl2F5N3O2. The molecule has 178 valence electrons. The third-order valence-electron chi connectivity index (χ3n) is 5.92. The number of carbonyl (C=O) groups excluding carboxylic acids is 1. The van der Waals surface area contributed by atoms with Crippen molar-refractivity contribution in [2.45, 2.75) is 30.8 Å². The predicted octanol–water partition coefficient (Wildman–Crippen LogP) is 5.61. The summed E-state index contributed by atoms with van der Waals surface area (Å²) >= 11 is 11.4. The number of benzene rings is 2. The Morgan fingerprint density at radius 3 is 2.35 bits per heavy atom. The molecule has 1 atom stereocenters. The molecule has 2 aromatic rings. The summed E-state index contributed by atoms with van der Waals surface area (Å²) in [7, 11) is 0. The van der Waals surface area contributed by atoms with Crippen LogP contribution >= 0.6 is 23.2 Å². The molecule has 2 aliphatic heterocycles. The van der Waals surface area contributed by atoms with Gasteiger partial charge in [0.05, 0.1) is 40.5 Å². The maximum Gasteiger partial charge on any atom is 0.435 e. The van der Waals surface area contributed by atoms with Crippen LogP contribution in [0.4, 0.5) is 22.0 Å². The highest BCUT2D eigenvalue weighted by Gasteiger charge is 2.62. The monoisotopic (exact) mass is 517 g/mol. The summed E-state index contributed by atoms with van der Waals surface area (Å²) in [4.78, 5) is 17.5. The lowest BCUT2D eigenvalue weighted by Gasteiger charge is -2.44. The summed E-state index contributed by atoms with van der Waals surface area (Å²) < 4.78 is 71.5. The second-order valence-corrected chi connectivity index (χ2v) is 8.91. The Bertz CT molecular complexity index is 1250. The molecule has 0 spiro atoms. The maximum absolute atomic E-state index is 15.2. The zero-order valence-corrected chi connectivity index (χ0v) is 18.8. The van der Waals surface area contributed by atoms with E-state index in [1.54, 1.807) is 0 Å². The smallest absolute Gasteiger partial charge is 0.374 e. The molecule has 2 aromatic carbocycles. The Labute approximate surface area is 200 Å². The average Bonchev–Trinajstić information content (AvgIpc) is 3.21. The quantitative estimate of drug-likeness (QED) is 0.392. The molecule has 2 heterocycles. The van der Waals surface area contributed by atoms with Crippen LogP contribution in [0.25, 0.3) is 0 Å². The lowest BCUT2D eigenvalue weighted by atomic mass is 9.82. The molecule has 0 saturated carbocycles. The third kappa shape index (κ3) is 3.77. The lowest BCUT2D eigenvalue weighted by Crippen LogP contribution is -2.58. The predicted molar refractivity (Wildman–Crippen MR) is 113 cm³/mol. The number of likely N-dealkylation sites (tertiary alicyclic amines) is 1. The Kier molecular flexibility index (Phi) is 5.77. The third-order valence-corrected chi connectivity index (χ3v) is 6.47. The van der Waals surface area contributed by atoms with Crippen LogP contribution in [0.2, 0.25) is 10.0 Å². The van der Waals surface area contributed by atoms with Gasteiger partial charge >= 0.3 is 6.18 Å². The fourth-order valence-electron chi connectivity index (χ4n) is 4.01. The molecule has 34 heavy (non-hydrogen) atoms. The van der Waals surface area contributed by atoms with Crippen LogP contribution in [0.1, 0.15) is 35.6 Å². The fourth-order valence-corrected chi connectivity index (χ4v) is 4.49. The van der Waals surface area contributed by atoms with Gasteiger partial charge in [0.15, 0.2) is 11.5 Å². The minimum atomic E-state index is -4.99. The van der Waals surface area contributed by atoms with Gasteiger partial charge in [-0.1, -0.05) is 40.5 Å². The zero-order chi connectivity index (χ0) is 25.1. The Balaban J connectivity index is 1.68. The number of carbonyl (C=O) groups is 1. The first-order chi connectivity index (χ1) is 15.8. The lowest BCUT2D eigenvalue weighted by molar-refractivity contribution is -0.275. The van der Waals surface area contributed by atoms with Crippen molar-refractivity contribution in [2.75, 3.05) is 13.1 Å². The highest BCUT2D eigenvalue weighted by Crippen LogP contribution is 2.50. The van der Waals surface area contributed by atoms with Crippen LogP contribution in [-0.4, -0.2) is 35.8 Å². The van der Waals surface area contributed by atoms with Crippen LogP contribution in [0.3, 0.4) is 0 Å².